The molecule has 1 aliphatic rings. The monoisotopic (exact) mass is 266 g/mol. The van der Waals surface area contributed by atoms with Gasteiger partial charge in [-0.05, 0) is 20.8 Å². The third-order valence-corrected chi connectivity index (χ3v) is 2.89. The van der Waals surface area contributed by atoms with Crippen molar-refractivity contribution in [2.24, 2.45) is 7.05 Å². The maximum absolute atomic E-state index is 11.7. The predicted molar refractivity (Wildman–Crippen MR) is 71.6 cm³/mol. The number of hydrogen-bond donors (Lipinski definition) is 1. The summed E-state index contributed by atoms with van der Waals surface area (Å²) in [6.07, 6.45) is 3.60. The number of likely N-dealkylation sites (tertiary alicyclic amines) is 1. The first-order chi connectivity index (χ1) is 8.83. The van der Waals surface area contributed by atoms with E-state index in [1.807, 2.05) is 40.2 Å². The SMILES string of the molecule is Cn1cc(CNC2CN(C(=O)OC(C)(C)C)C2)cn1. The van der Waals surface area contributed by atoms with Crippen molar-refractivity contribution < 1.29 is 9.53 Å². The Morgan fingerprint density at radius 2 is 2.21 bits per heavy atom. The summed E-state index contributed by atoms with van der Waals surface area (Å²) in [7, 11) is 1.90. The lowest BCUT2D eigenvalue weighted by molar-refractivity contribution is 0.00519. The highest BCUT2D eigenvalue weighted by Gasteiger charge is 2.33. The minimum atomic E-state index is -0.425. The summed E-state index contributed by atoms with van der Waals surface area (Å²) in [6.45, 7) is 7.82. The van der Waals surface area contributed by atoms with E-state index in [4.69, 9.17) is 4.74 Å². The van der Waals surface area contributed by atoms with E-state index in [-0.39, 0.29) is 6.09 Å². The number of amides is 1. The Kier molecular flexibility index (Phi) is 3.80. The van der Waals surface area contributed by atoms with Crippen molar-refractivity contribution in [2.75, 3.05) is 13.1 Å². The first kappa shape index (κ1) is 13.9. The summed E-state index contributed by atoms with van der Waals surface area (Å²) in [4.78, 5) is 13.4. The molecule has 1 aliphatic heterocycles. The van der Waals surface area contributed by atoms with E-state index >= 15 is 0 Å². The Morgan fingerprint density at radius 3 is 2.74 bits per heavy atom. The Bertz CT molecular complexity index is 444. The first-order valence-electron chi connectivity index (χ1n) is 6.52. The van der Waals surface area contributed by atoms with Gasteiger partial charge in [0.05, 0.1) is 6.20 Å². The van der Waals surface area contributed by atoms with Crippen LogP contribution < -0.4 is 5.32 Å². The second kappa shape index (κ2) is 5.21. The molecule has 0 atom stereocenters. The van der Waals surface area contributed by atoms with Crippen LogP contribution in [0.25, 0.3) is 0 Å². The summed E-state index contributed by atoms with van der Waals surface area (Å²) in [5, 5.41) is 7.51. The van der Waals surface area contributed by atoms with Gasteiger partial charge >= 0.3 is 6.09 Å². The lowest BCUT2D eigenvalue weighted by Crippen LogP contribution is -2.60. The number of rotatable bonds is 3. The van der Waals surface area contributed by atoms with E-state index in [1.165, 1.54) is 0 Å². The molecule has 1 fully saturated rings. The van der Waals surface area contributed by atoms with Gasteiger partial charge in [-0.1, -0.05) is 0 Å². The average Bonchev–Trinajstić information content (AvgIpc) is 2.59. The third kappa shape index (κ3) is 3.96. The van der Waals surface area contributed by atoms with Crippen LogP contribution >= 0.6 is 0 Å². The fraction of sp³-hybridized carbons (Fsp3) is 0.692. The summed E-state index contributed by atoms with van der Waals surface area (Å²) in [5.41, 5.74) is 0.726. The molecule has 6 nitrogen and oxygen atoms in total. The maximum atomic E-state index is 11.7. The van der Waals surface area contributed by atoms with Crippen LogP contribution in [0.4, 0.5) is 4.79 Å². The zero-order valence-corrected chi connectivity index (χ0v) is 12.0. The van der Waals surface area contributed by atoms with Gasteiger partial charge in [0.2, 0.25) is 0 Å². The molecule has 19 heavy (non-hydrogen) atoms. The van der Waals surface area contributed by atoms with Crippen LogP contribution in [-0.4, -0.2) is 45.5 Å². The number of carbonyl (C=O) groups excluding carboxylic acids is 1. The summed E-state index contributed by atoms with van der Waals surface area (Å²) >= 11 is 0. The van der Waals surface area contributed by atoms with E-state index in [1.54, 1.807) is 9.58 Å². The molecule has 6 heteroatoms. The van der Waals surface area contributed by atoms with Gasteiger partial charge in [-0.2, -0.15) is 5.10 Å². The molecule has 1 saturated heterocycles. The number of nitrogens with zero attached hydrogens (tertiary/aromatic N) is 3. The van der Waals surface area contributed by atoms with Crippen molar-refractivity contribution in [3.63, 3.8) is 0 Å². The van der Waals surface area contributed by atoms with E-state index in [2.05, 4.69) is 10.4 Å². The molecular formula is C13H22N4O2. The molecule has 0 spiro atoms. The lowest BCUT2D eigenvalue weighted by Gasteiger charge is -2.40. The molecule has 0 aliphatic carbocycles. The van der Waals surface area contributed by atoms with Crippen molar-refractivity contribution in [1.29, 1.82) is 0 Å². The zero-order valence-electron chi connectivity index (χ0n) is 12.0. The molecule has 0 unspecified atom stereocenters. The fourth-order valence-electron chi connectivity index (χ4n) is 1.91. The van der Waals surface area contributed by atoms with E-state index in [0.29, 0.717) is 19.1 Å². The van der Waals surface area contributed by atoms with E-state index < -0.39 is 5.60 Å². The predicted octanol–water partition coefficient (Wildman–Crippen LogP) is 1.13. The van der Waals surface area contributed by atoms with Gasteiger partial charge in [-0.3, -0.25) is 4.68 Å². The molecule has 1 aromatic heterocycles. The molecule has 0 radical (unpaired) electrons. The number of carbonyl (C=O) groups is 1. The van der Waals surface area contributed by atoms with Gasteiger partial charge < -0.3 is 15.0 Å². The topological polar surface area (TPSA) is 59.4 Å². The minimum absolute atomic E-state index is 0.230. The molecule has 0 bridgehead atoms. The number of aryl methyl sites for hydroxylation is 1. The Hall–Kier alpha value is -1.56. The normalized spacial score (nSPS) is 16.3. The van der Waals surface area contributed by atoms with Gasteiger partial charge in [-0.15, -0.1) is 0 Å². The summed E-state index contributed by atoms with van der Waals surface area (Å²) in [5.74, 6) is 0. The molecule has 1 N–H and O–H groups in total. The van der Waals surface area contributed by atoms with Crippen LogP contribution in [-0.2, 0) is 18.3 Å². The van der Waals surface area contributed by atoms with E-state index in [0.717, 1.165) is 12.1 Å². The summed E-state index contributed by atoms with van der Waals surface area (Å²) < 4.78 is 7.08. The van der Waals surface area contributed by atoms with Crippen LogP contribution in [0, 0.1) is 0 Å². The fourth-order valence-corrected chi connectivity index (χ4v) is 1.91. The van der Waals surface area contributed by atoms with Crippen molar-refractivity contribution >= 4 is 6.09 Å². The van der Waals surface area contributed by atoms with Crippen molar-refractivity contribution in [3.8, 4) is 0 Å². The highest BCUT2D eigenvalue weighted by molar-refractivity contribution is 5.69. The zero-order chi connectivity index (χ0) is 14.0. The number of aromatic nitrogens is 2. The second-order valence-electron chi connectivity index (χ2n) is 5.99. The molecule has 0 aromatic carbocycles. The Morgan fingerprint density at radius 1 is 1.53 bits per heavy atom. The number of nitrogens with one attached hydrogen (secondary N) is 1. The molecule has 1 aromatic rings. The van der Waals surface area contributed by atoms with Gasteiger partial charge in [0, 0.05) is 44.5 Å². The molecule has 2 rings (SSSR count). The standard InChI is InChI=1S/C13H22N4O2/c1-13(2,3)19-12(18)17-8-11(9-17)14-5-10-6-15-16(4)7-10/h6-7,11,14H,5,8-9H2,1-4H3. The molecule has 2 heterocycles. The van der Waals surface area contributed by atoms with Gasteiger partial charge in [0.1, 0.15) is 5.60 Å². The van der Waals surface area contributed by atoms with Crippen molar-refractivity contribution in [3.05, 3.63) is 18.0 Å². The van der Waals surface area contributed by atoms with Crippen LogP contribution in [0.5, 0.6) is 0 Å². The van der Waals surface area contributed by atoms with Crippen LogP contribution in [0.2, 0.25) is 0 Å². The molecule has 106 valence electrons. The minimum Gasteiger partial charge on any atom is -0.444 e. The third-order valence-electron chi connectivity index (χ3n) is 2.89. The number of ether oxygens (including phenoxy) is 1. The van der Waals surface area contributed by atoms with E-state index in [9.17, 15) is 4.79 Å². The van der Waals surface area contributed by atoms with Crippen LogP contribution in [0.15, 0.2) is 12.4 Å². The molecule has 1 amide bonds. The average molecular weight is 266 g/mol. The quantitative estimate of drug-likeness (QED) is 0.891. The van der Waals surface area contributed by atoms with Crippen LogP contribution in [0.3, 0.4) is 0 Å². The van der Waals surface area contributed by atoms with Gasteiger partial charge in [-0.25, -0.2) is 4.79 Å². The molecule has 0 saturated carbocycles. The largest absolute Gasteiger partial charge is 0.444 e. The highest BCUT2D eigenvalue weighted by atomic mass is 16.6. The maximum Gasteiger partial charge on any atom is 0.410 e. The van der Waals surface area contributed by atoms with Crippen molar-refractivity contribution in [2.45, 2.75) is 39.0 Å². The smallest absolute Gasteiger partial charge is 0.410 e. The number of hydrogen-bond acceptors (Lipinski definition) is 4. The highest BCUT2D eigenvalue weighted by Crippen LogP contribution is 2.15. The van der Waals surface area contributed by atoms with Gasteiger partial charge in [0.25, 0.3) is 0 Å². The van der Waals surface area contributed by atoms with Crippen LogP contribution in [0.1, 0.15) is 26.3 Å². The van der Waals surface area contributed by atoms with Crippen molar-refractivity contribution in [1.82, 2.24) is 20.0 Å². The van der Waals surface area contributed by atoms with Gasteiger partial charge in [0.15, 0.2) is 0 Å². The molecular weight excluding hydrogens is 244 g/mol. The first-order valence-corrected chi connectivity index (χ1v) is 6.52. The Labute approximate surface area is 113 Å². The lowest BCUT2D eigenvalue weighted by atomic mass is 10.1. The second-order valence-corrected chi connectivity index (χ2v) is 5.99. The summed E-state index contributed by atoms with van der Waals surface area (Å²) in [6, 6.07) is 0.340. The Balaban J connectivity index is 1.67.